The Bertz CT molecular complexity index is 337. The van der Waals surface area contributed by atoms with E-state index in [1.807, 2.05) is 6.07 Å². The van der Waals surface area contributed by atoms with Crippen LogP contribution in [0.3, 0.4) is 0 Å². The number of ether oxygens (including phenoxy) is 1. The lowest BCUT2D eigenvalue weighted by molar-refractivity contribution is -0.0845. The molecule has 0 aliphatic carbocycles. The minimum Gasteiger partial charge on any atom is -0.387 e. The van der Waals surface area contributed by atoms with Crippen LogP contribution in [0, 0.1) is 0 Å². The first-order chi connectivity index (χ1) is 7.18. The van der Waals surface area contributed by atoms with E-state index in [1.165, 1.54) is 0 Å². The zero-order valence-electron chi connectivity index (χ0n) is 8.45. The topological polar surface area (TPSA) is 42.4 Å². The summed E-state index contributed by atoms with van der Waals surface area (Å²) >= 11 is 3.37. The number of nitrogens with zero attached hydrogens (tertiary/aromatic N) is 1. The maximum absolute atomic E-state index is 10.2. The molecule has 0 aromatic carbocycles. The second-order valence-electron chi connectivity index (χ2n) is 4.07. The van der Waals surface area contributed by atoms with Crippen molar-refractivity contribution in [3.8, 4) is 0 Å². The minimum atomic E-state index is -0.708. The van der Waals surface area contributed by atoms with Gasteiger partial charge in [0.1, 0.15) is 0 Å². The molecular formula is C11H14BrNO2. The lowest BCUT2D eigenvalue weighted by Crippen LogP contribution is -2.40. The minimum absolute atomic E-state index is 0.430. The van der Waals surface area contributed by atoms with Crippen LogP contribution >= 0.6 is 15.9 Å². The molecule has 2 rings (SSSR count). The Hall–Kier alpha value is -0.450. The van der Waals surface area contributed by atoms with E-state index in [-0.39, 0.29) is 0 Å². The molecule has 0 radical (unpaired) electrons. The molecule has 1 aromatic rings. The largest absolute Gasteiger partial charge is 0.387 e. The van der Waals surface area contributed by atoms with Gasteiger partial charge in [-0.05, 0) is 40.4 Å². The highest BCUT2D eigenvalue weighted by atomic mass is 79.9. The van der Waals surface area contributed by atoms with E-state index >= 15 is 0 Å². The molecule has 1 atom stereocenters. The van der Waals surface area contributed by atoms with Gasteiger partial charge in [-0.25, -0.2) is 0 Å². The zero-order valence-corrected chi connectivity index (χ0v) is 10.0. The third-order valence-corrected chi connectivity index (χ3v) is 3.03. The van der Waals surface area contributed by atoms with Crippen LogP contribution in [0.4, 0.5) is 0 Å². The second kappa shape index (κ2) is 4.60. The van der Waals surface area contributed by atoms with Gasteiger partial charge in [0.15, 0.2) is 0 Å². The van der Waals surface area contributed by atoms with Gasteiger partial charge in [0.25, 0.3) is 0 Å². The summed E-state index contributed by atoms with van der Waals surface area (Å²) < 4.78 is 6.25. The second-order valence-corrected chi connectivity index (χ2v) is 4.98. The Morgan fingerprint density at radius 1 is 1.53 bits per heavy atom. The summed E-state index contributed by atoms with van der Waals surface area (Å²) in [6.45, 7) is 1.19. The molecule has 1 aromatic heterocycles. The SMILES string of the molecule is OC1(Cc2cncc(Br)c2)CCCOC1. The monoisotopic (exact) mass is 271 g/mol. The molecule has 0 spiro atoms. The molecular weight excluding hydrogens is 258 g/mol. The van der Waals surface area contributed by atoms with E-state index in [1.54, 1.807) is 12.4 Å². The summed E-state index contributed by atoms with van der Waals surface area (Å²) in [5, 5.41) is 10.2. The van der Waals surface area contributed by atoms with Crippen LogP contribution in [0.15, 0.2) is 22.9 Å². The van der Waals surface area contributed by atoms with Gasteiger partial charge in [0.2, 0.25) is 0 Å². The van der Waals surface area contributed by atoms with E-state index in [0.29, 0.717) is 13.0 Å². The molecule has 2 heterocycles. The molecule has 1 unspecified atom stereocenters. The molecule has 15 heavy (non-hydrogen) atoms. The van der Waals surface area contributed by atoms with E-state index in [4.69, 9.17) is 4.74 Å². The lowest BCUT2D eigenvalue weighted by atomic mass is 9.90. The lowest BCUT2D eigenvalue weighted by Gasteiger charge is -2.31. The van der Waals surface area contributed by atoms with Crippen LogP contribution in [0.1, 0.15) is 18.4 Å². The highest BCUT2D eigenvalue weighted by molar-refractivity contribution is 9.10. The van der Waals surface area contributed by atoms with Crippen molar-refractivity contribution >= 4 is 15.9 Å². The standard InChI is InChI=1S/C11H14BrNO2/c12-10-4-9(6-13-7-10)5-11(14)2-1-3-15-8-11/h4,6-7,14H,1-3,5,8H2. The van der Waals surface area contributed by atoms with Crippen molar-refractivity contribution < 1.29 is 9.84 Å². The Balaban J connectivity index is 2.06. The highest BCUT2D eigenvalue weighted by Crippen LogP contribution is 2.24. The van der Waals surface area contributed by atoms with Crippen molar-refractivity contribution in [1.82, 2.24) is 4.98 Å². The molecule has 4 heteroatoms. The summed E-state index contributed by atoms with van der Waals surface area (Å²) in [6.07, 6.45) is 5.87. The van der Waals surface area contributed by atoms with E-state index < -0.39 is 5.60 Å². The summed E-state index contributed by atoms with van der Waals surface area (Å²) in [7, 11) is 0. The van der Waals surface area contributed by atoms with E-state index in [9.17, 15) is 5.11 Å². The Morgan fingerprint density at radius 2 is 2.40 bits per heavy atom. The first-order valence-corrected chi connectivity index (χ1v) is 5.87. The quantitative estimate of drug-likeness (QED) is 0.894. The van der Waals surface area contributed by atoms with Crippen LogP contribution in [-0.2, 0) is 11.2 Å². The van der Waals surface area contributed by atoms with Crippen molar-refractivity contribution in [2.45, 2.75) is 24.9 Å². The first kappa shape index (κ1) is 11.0. The molecule has 3 nitrogen and oxygen atoms in total. The van der Waals surface area contributed by atoms with Gasteiger partial charge in [-0.2, -0.15) is 0 Å². The normalized spacial score (nSPS) is 26.5. The van der Waals surface area contributed by atoms with E-state index in [2.05, 4.69) is 20.9 Å². The number of aliphatic hydroxyl groups is 1. The average molecular weight is 272 g/mol. The molecule has 1 fully saturated rings. The molecule has 1 saturated heterocycles. The molecule has 82 valence electrons. The molecule has 0 saturated carbocycles. The number of rotatable bonds is 2. The molecule has 1 N–H and O–H groups in total. The van der Waals surface area contributed by atoms with Crippen LogP contribution in [0.5, 0.6) is 0 Å². The van der Waals surface area contributed by atoms with Gasteiger partial charge in [0, 0.05) is 29.9 Å². The smallest absolute Gasteiger partial charge is 0.0921 e. The predicted molar refractivity (Wildman–Crippen MR) is 60.6 cm³/mol. The fraction of sp³-hybridized carbons (Fsp3) is 0.545. The number of pyridine rings is 1. The number of hydrogen-bond acceptors (Lipinski definition) is 3. The van der Waals surface area contributed by atoms with Crippen molar-refractivity contribution in [2.75, 3.05) is 13.2 Å². The van der Waals surface area contributed by atoms with E-state index in [0.717, 1.165) is 29.5 Å². The fourth-order valence-electron chi connectivity index (χ4n) is 1.91. The Kier molecular flexibility index (Phi) is 3.38. The summed E-state index contributed by atoms with van der Waals surface area (Å²) in [6, 6.07) is 1.99. The van der Waals surface area contributed by atoms with Crippen LogP contribution in [0.2, 0.25) is 0 Å². The van der Waals surface area contributed by atoms with Crippen LogP contribution < -0.4 is 0 Å². The summed E-state index contributed by atoms with van der Waals surface area (Å²) in [5.41, 5.74) is 0.332. The number of hydrogen-bond donors (Lipinski definition) is 1. The van der Waals surface area contributed by atoms with Crippen molar-refractivity contribution in [3.05, 3.63) is 28.5 Å². The number of halogens is 1. The first-order valence-electron chi connectivity index (χ1n) is 5.08. The summed E-state index contributed by atoms with van der Waals surface area (Å²) in [5.74, 6) is 0. The number of aromatic nitrogens is 1. The highest BCUT2D eigenvalue weighted by Gasteiger charge is 2.30. The van der Waals surface area contributed by atoms with Gasteiger partial charge in [0.05, 0.1) is 12.2 Å². The third kappa shape index (κ3) is 3.00. The summed E-state index contributed by atoms with van der Waals surface area (Å²) in [4.78, 5) is 4.08. The fourth-order valence-corrected chi connectivity index (χ4v) is 2.32. The van der Waals surface area contributed by atoms with Crippen molar-refractivity contribution in [1.29, 1.82) is 0 Å². The van der Waals surface area contributed by atoms with Gasteiger partial charge in [-0.3, -0.25) is 4.98 Å². The van der Waals surface area contributed by atoms with Gasteiger partial charge in [-0.15, -0.1) is 0 Å². The van der Waals surface area contributed by atoms with Gasteiger partial charge < -0.3 is 9.84 Å². The van der Waals surface area contributed by atoms with Crippen LogP contribution in [0.25, 0.3) is 0 Å². The maximum atomic E-state index is 10.2. The zero-order chi connectivity index (χ0) is 10.7. The molecule has 1 aliphatic heterocycles. The van der Waals surface area contributed by atoms with Gasteiger partial charge in [-0.1, -0.05) is 0 Å². The maximum Gasteiger partial charge on any atom is 0.0921 e. The molecule has 1 aliphatic rings. The van der Waals surface area contributed by atoms with Gasteiger partial charge >= 0.3 is 0 Å². The molecule has 0 bridgehead atoms. The van der Waals surface area contributed by atoms with Crippen LogP contribution in [-0.4, -0.2) is 28.9 Å². The predicted octanol–water partition coefficient (Wildman–Crippen LogP) is 1.93. The third-order valence-electron chi connectivity index (χ3n) is 2.60. The van der Waals surface area contributed by atoms with Crippen molar-refractivity contribution in [3.63, 3.8) is 0 Å². The van der Waals surface area contributed by atoms with Crippen molar-refractivity contribution in [2.24, 2.45) is 0 Å². The molecule has 0 amide bonds. The Morgan fingerprint density at radius 3 is 3.07 bits per heavy atom. The average Bonchev–Trinajstić information content (AvgIpc) is 2.18. The Labute approximate surface area is 97.6 Å².